The van der Waals surface area contributed by atoms with Crippen LogP contribution in [-0.2, 0) is 11.3 Å². The molecule has 1 amide bonds. The first kappa shape index (κ1) is 13.6. The molecular formula is C13H15ClN2O. The van der Waals surface area contributed by atoms with Crippen molar-refractivity contribution in [1.29, 1.82) is 0 Å². The lowest BCUT2D eigenvalue weighted by atomic mass is 10.2. The predicted molar refractivity (Wildman–Crippen MR) is 69.6 cm³/mol. The summed E-state index contributed by atoms with van der Waals surface area (Å²) in [6.07, 6.45) is 5.05. The second-order valence-corrected chi connectivity index (χ2v) is 4.22. The summed E-state index contributed by atoms with van der Waals surface area (Å²) in [6.45, 7) is 1.29. The molecule has 90 valence electrons. The lowest BCUT2D eigenvalue weighted by Crippen LogP contribution is -2.34. The van der Waals surface area contributed by atoms with E-state index in [1.807, 2.05) is 36.2 Å². The fourth-order valence-corrected chi connectivity index (χ4v) is 1.53. The third kappa shape index (κ3) is 5.39. The molecular weight excluding hydrogens is 236 g/mol. The minimum absolute atomic E-state index is 0.0700. The van der Waals surface area contributed by atoms with E-state index < -0.39 is 0 Å². The van der Waals surface area contributed by atoms with Crippen LogP contribution in [0.15, 0.2) is 24.3 Å². The third-order valence-corrected chi connectivity index (χ3v) is 2.42. The number of hydrogen-bond acceptors (Lipinski definition) is 2. The Morgan fingerprint density at radius 3 is 2.71 bits per heavy atom. The molecule has 0 aliphatic heterocycles. The van der Waals surface area contributed by atoms with E-state index in [-0.39, 0.29) is 12.5 Å². The molecule has 0 aliphatic carbocycles. The van der Waals surface area contributed by atoms with Gasteiger partial charge >= 0.3 is 0 Å². The molecule has 0 atom stereocenters. The Balaban J connectivity index is 2.39. The normalized spacial score (nSPS) is 10.0. The number of likely N-dealkylation sites (N-methyl/N-ethyl adjacent to an activating group) is 1. The van der Waals surface area contributed by atoms with Gasteiger partial charge in [0.1, 0.15) is 0 Å². The predicted octanol–water partition coefficient (Wildman–Crippen LogP) is 1.52. The molecule has 4 heteroatoms. The number of hydrogen-bond donors (Lipinski definition) is 1. The summed E-state index contributed by atoms with van der Waals surface area (Å²) >= 11 is 5.79. The molecule has 3 nitrogen and oxygen atoms in total. The van der Waals surface area contributed by atoms with E-state index in [1.54, 1.807) is 0 Å². The molecule has 0 bridgehead atoms. The average molecular weight is 251 g/mol. The second kappa shape index (κ2) is 6.95. The zero-order chi connectivity index (χ0) is 12.7. The van der Waals surface area contributed by atoms with Crippen LogP contribution in [0.5, 0.6) is 0 Å². The Morgan fingerprint density at radius 2 is 2.12 bits per heavy atom. The van der Waals surface area contributed by atoms with Gasteiger partial charge in [0, 0.05) is 11.6 Å². The van der Waals surface area contributed by atoms with Crippen LogP contribution in [0, 0.1) is 12.3 Å². The van der Waals surface area contributed by atoms with Gasteiger partial charge in [-0.1, -0.05) is 29.7 Å². The summed E-state index contributed by atoms with van der Waals surface area (Å²) in [4.78, 5) is 13.3. The summed E-state index contributed by atoms with van der Waals surface area (Å²) in [7, 11) is 1.88. The monoisotopic (exact) mass is 250 g/mol. The maximum atomic E-state index is 11.4. The van der Waals surface area contributed by atoms with Crippen molar-refractivity contribution in [3.8, 4) is 12.3 Å². The molecule has 1 aromatic carbocycles. The summed E-state index contributed by atoms with van der Waals surface area (Å²) < 4.78 is 0. The van der Waals surface area contributed by atoms with Crippen molar-refractivity contribution in [2.24, 2.45) is 0 Å². The van der Waals surface area contributed by atoms with Crippen LogP contribution in [0.3, 0.4) is 0 Å². The van der Waals surface area contributed by atoms with Crippen molar-refractivity contribution in [2.75, 3.05) is 20.1 Å². The Kier molecular flexibility index (Phi) is 5.55. The van der Waals surface area contributed by atoms with Gasteiger partial charge in [0.2, 0.25) is 5.91 Å². The highest BCUT2D eigenvalue weighted by molar-refractivity contribution is 6.30. The zero-order valence-corrected chi connectivity index (χ0v) is 10.5. The third-order valence-electron chi connectivity index (χ3n) is 2.17. The van der Waals surface area contributed by atoms with E-state index in [0.29, 0.717) is 18.1 Å². The van der Waals surface area contributed by atoms with Gasteiger partial charge in [-0.05, 0) is 24.7 Å². The van der Waals surface area contributed by atoms with E-state index in [1.165, 1.54) is 0 Å². The van der Waals surface area contributed by atoms with Crippen molar-refractivity contribution in [1.82, 2.24) is 10.2 Å². The molecule has 1 N–H and O–H groups in total. The molecule has 0 fully saturated rings. The number of halogens is 1. The Labute approximate surface area is 107 Å². The molecule has 0 spiro atoms. The van der Waals surface area contributed by atoms with Gasteiger partial charge in [0.05, 0.1) is 13.1 Å². The van der Waals surface area contributed by atoms with E-state index in [2.05, 4.69) is 11.2 Å². The highest BCUT2D eigenvalue weighted by Gasteiger charge is 2.05. The summed E-state index contributed by atoms with van der Waals surface area (Å²) in [5, 5.41) is 3.33. The van der Waals surface area contributed by atoms with E-state index in [4.69, 9.17) is 18.0 Å². The summed E-state index contributed by atoms with van der Waals surface area (Å²) in [5.41, 5.74) is 1.11. The molecule has 0 saturated heterocycles. The second-order valence-electron chi connectivity index (χ2n) is 3.78. The zero-order valence-electron chi connectivity index (χ0n) is 9.74. The van der Waals surface area contributed by atoms with Gasteiger partial charge in [-0.15, -0.1) is 6.42 Å². The van der Waals surface area contributed by atoms with E-state index in [9.17, 15) is 4.79 Å². The van der Waals surface area contributed by atoms with Crippen LogP contribution in [0.25, 0.3) is 0 Å². The average Bonchev–Trinajstić information content (AvgIpc) is 2.29. The quantitative estimate of drug-likeness (QED) is 0.804. The van der Waals surface area contributed by atoms with Crippen molar-refractivity contribution in [2.45, 2.75) is 6.54 Å². The number of rotatable bonds is 5. The van der Waals surface area contributed by atoms with Crippen LogP contribution >= 0.6 is 11.6 Å². The number of benzene rings is 1. The van der Waals surface area contributed by atoms with Crippen LogP contribution in [0.1, 0.15) is 5.56 Å². The molecule has 17 heavy (non-hydrogen) atoms. The molecule has 0 radical (unpaired) electrons. The molecule has 1 aromatic rings. The maximum Gasteiger partial charge on any atom is 0.234 e. The highest BCUT2D eigenvalue weighted by Crippen LogP contribution is 2.10. The maximum absolute atomic E-state index is 11.4. The number of carbonyl (C=O) groups excluding carboxylic acids is 1. The summed E-state index contributed by atoms with van der Waals surface area (Å²) in [6, 6.07) is 7.56. The van der Waals surface area contributed by atoms with Crippen LogP contribution in [-0.4, -0.2) is 30.9 Å². The fourth-order valence-electron chi connectivity index (χ4n) is 1.41. The van der Waals surface area contributed by atoms with E-state index in [0.717, 1.165) is 5.56 Å². The number of nitrogens with zero attached hydrogens (tertiary/aromatic N) is 1. The van der Waals surface area contributed by atoms with Gasteiger partial charge in [0.15, 0.2) is 0 Å². The van der Waals surface area contributed by atoms with Gasteiger partial charge < -0.3 is 5.32 Å². The van der Waals surface area contributed by atoms with Crippen molar-refractivity contribution in [3.05, 3.63) is 34.9 Å². The van der Waals surface area contributed by atoms with Crippen LogP contribution in [0.2, 0.25) is 5.02 Å². The Bertz CT molecular complexity index is 408. The minimum atomic E-state index is -0.0700. The van der Waals surface area contributed by atoms with Gasteiger partial charge in [0.25, 0.3) is 0 Å². The minimum Gasteiger partial charge on any atom is -0.344 e. The number of carbonyl (C=O) groups is 1. The number of nitrogens with one attached hydrogen (secondary N) is 1. The van der Waals surface area contributed by atoms with Crippen molar-refractivity contribution >= 4 is 17.5 Å². The van der Waals surface area contributed by atoms with Crippen molar-refractivity contribution in [3.63, 3.8) is 0 Å². The summed E-state index contributed by atoms with van der Waals surface area (Å²) in [5.74, 6) is 2.29. The van der Waals surface area contributed by atoms with Crippen molar-refractivity contribution < 1.29 is 4.79 Å². The smallest absolute Gasteiger partial charge is 0.234 e. The molecule has 1 rings (SSSR count). The van der Waals surface area contributed by atoms with E-state index >= 15 is 0 Å². The van der Waals surface area contributed by atoms with Gasteiger partial charge in [-0.25, -0.2) is 0 Å². The molecule has 0 aliphatic rings. The topological polar surface area (TPSA) is 32.3 Å². The first-order valence-corrected chi connectivity index (χ1v) is 5.62. The molecule has 0 saturated carbocycles. The molecule has 0 aromatic heterocycles. The molecule has 0 heterocycles. The van der Waals surface area contributed by atoms with Gasteiger partial charge in [-0.3, -0.25) is 9.69 Å². The fraction of sp³-hybridized carbons (Fsp3) is 0.308. The Hall–Kier alpha value is -1.50. The first-order chi connectivity index (χ1) is 8.11. The standard InChI is InChI=1S/C13H15ClN2O/c1-3-8-15-13(17)10-16(2)9-11-4-6-12(14)7-5-11/h1,4-7H,8-10H2,2H3,(H,15,17). The first-order valence-electron chi connectivity index (χ1n) is 5.25. The Morgan fingerprint density at radius 1 is 1.47 bits per heavy atom. The van der Waals surface area contributed by atoms with Gasteiger partial charge in [-0.2, -0.15) is 0 Å². The SMILES string of the molecule is C#CCNC(=O)CN(C)Cc1ccc(Cl)cc1. The van der Waals surface area contributed by atoms with Crippen LogP contribution in [0.4, 0.5) is 0 Å². The highest BCUT2D eigenvalue weighted by atomic mass is 35.5. The van der Waals surface area contributed by atoms with Crippen LogP contribution < -0.4 is 5.32 Å². The lowest BCUT2D eigenvalue weighted by Gasteiger charge is -2.15. The number of terminal acetylenes is 1. The molecule has 0 unspecified atom stereocenters. The number of amides is 1. The largest absolute Gasteiger partial charge is 0.344 e. The lowest BCUT2D eigenvalue weighted by molar-refractivity contribution is -0.121.